The quantitative estimate of drug-likeness (QED) is 0.209. The van der Waals surface area contributed by atoms with Gasteiger partial charge in [-0.05, 0) is 46.2 Å². The number of para-hydroxylation sites is 2. The van der Waals surface area contributed by atoms with Gasteiger partial charge in [0.05, 0.1) is 5.52 Å². The van der Waals surface area contributed by atoms with Crippen LogP contribution in [-0.2, 0) is 0 Å². The summed E-state index contributed by atoms with van der Waals surface area (Å²) in [4.78, 5) is 20.0. The molecule has 0 unspecified atom stereocenters. The lowest BCUT2D eigenvalue weighted by Gasteiger charge is -2.10. The highest BCUT2D eigenvalue weighted by Gasteiger charge is 2.18. The Balaban J connectivity index is 1.23. The molecule has 6 aromatic carbocycles. The van der Waals surface area contributed by atoms with Crippen molar-refractivity contribution < 1.29 is 4.42 Å². The van der Waals surface area contributed by atoms with Crippen molar-refractivity contribution in [3.8, 4) is 45.4 Å². The van der Waals surface area contributed by atoms with E-state index in [1.807, 2.05) is 60.7 Å². The lowest BCUT2D eigenvalue weighted by Crippen LogP contribution is -2.01. The predicted octanol–water partition coefficient (Wildman–Crippen LogP) is 10.1. The number of benzene rings is 6. The molecule has 0 aliphatic carbocycles. The highest BCUT2D eigenvalue weighted by Crippen LogP contribution is 2.37. The monoisotopic (exact) mass is 576 g/mol. The molecule has 45 heavy (non-hydrogen) atoms. The van der Waals surface area contributed by atoms with E-state index < -0.39 is 0 Å². The van der Waals surface area contributed by atoms with Crippen molar-refractivity contribution >= 4 is 43.6 Å². The van der Waals surface area contributed by atoms with Crippen molar-refractivity contribution in [3.05, 3.63) is 146 Å². The molecule has 0 radical (unpaired) electrons. The number of aromatic nitrogens is 4. The van der Waals surface area contributed by atoms with Gasteiger partial charge >= 0.3 is 0 Å². The first kappa shape index (κ1) is 25.3. The molecule has 9 rings (SSSR count). The lowest BCUT2D eigenvalue weighted by atomic mass is 9.97. The van der Waals surface area contributed by atoms with Gasteiger partial charge in [0.1, 0.15) is 16.9 Å². The molecule has 9 aromatic rings. The second-order valence-corrected chi connectivity index (χ2v) is 11.1. The second-order valence-electron chi connectivity index (χ2n) is 11.1. The van der Waals surface area contributed by atoms with Gasteiger partial charge in [0.2, 0.25) is 0 Å². The molecular weight excluding hydrogens is 552 g/mol. The third-order valence-corrected chi connectivity index (χ3v) is 8.35. The Morgan fingerprint density at radius 2 is 1.02 bits per heavy atom. The number of fused-ring (bicyclic) bond motifs is 5. The standard InChI is InChI=1S/C40H24N4O/c1-3-12-29-25(9-1)11-7-14-30(29)26-19-21-28(22-20-26)38-42-39(32-15-8-18-36-37(32)31-13-4-6-17-35(31)45-36)44-40(43-38)34-24-23-27-10-2-5-16-33(27)41-34/h1-24H. The summed E-state index contributed by atoms with van der Waals surface area (Å²) < 4.78 is 6.19. The van der Waals surface area contributed by atoms with Gasteiger partial charge in [-0.3, -0.25) is 0 Å². The fourth-order valence-corrected chi connectivity index (χ4v) is 6.17. The minimum absolute atomic E-state index is 0.517. The van der Waals surface area contributed by atoms with Gasteiger partial charge in [-0.1, -0.05) is 121 Å². The predicted molar refractivity (Wildman–Crippen MR) is 182 cm³/mol. The fourth-order valence-electron chi connectivity index (χ4n) is 6.17. The van der Waals surface area contributed by atoms with Crippen LogP contribution in [0, 0.1) is 0 Å². The van der Waals surface area contributed by atoms with E-state index in [0.717, 1.165) is 49.5 Å². The van der Waals surface area contributed by atoms with Crippen LogP contribution in [0.5, 0.6) is 0 Å². The minimum Gasteiger partial charge on any atom is -0.456 e. The summed E-state index contributed by atoms with van der Waals surface area (Å²) in [5.74, 6) is 1.67. The first-order valence-electron chi connectivity index (χ1n) is 14.9. The van der Waals surface area contributed by atoms with E-state index in [1.54, 1.807) is 0 Å². The largest absolute Gasteiger partial charge is 0.456 e. The van der Waals surface area contributed by atoms with Crippen molar-refractivity contribution in [2.45, 2.75) is 0 Å². The van der Waals surface area contributed by atoms with Crippen LogP contribution in [0.25, 0.3) is 89.0 Å². The zero-order valence-corrected chi connectivity index (χ0v) is 24.1. The Bertz CT molecular complexity index is 2550. The fraction of sp³-hybridized carbons (Fsp3) is 0. The van der Waals surface area contributed by atoms with E-state index in [4.69, 9.17) is 24.4 Å². The lowest BCUT2D eigenvalue weighted by molar-refractivity contribution is 0.669. The van der Waals surface area contributed by atoms with Gasteiger partial charge in [-0.2, -0.15) is 0 Å². The van der Waals surface area contributed by atoms with E-state index in [9.17, 15) is 0 Å². The summed E-state index contributed by atoms with van der Waals surface area (Å²) in [5, 5.41) is 5.51. The van der Waals surface area contributed by atoms with Crippen molar-refractivity contribution in [1.82, 2.24) is 19.9 Å². The molecule has 3 aromatic heterocycles. The van der Waals surface area contributed by atoms with E-state index in [-0.39, 0.29) is 0 Å². The third kappa shape index (κ3) is 4.33. The number of pyridine rings is 1. The van der Waals surface area contributed by atoms with Gasteiger partial charge in [-0.15, -0.1) is 0 Å². The van der Waals surface area contributed by atoms with Crippen LogP contribution < -0.4 is 0 Å². The van der Waals surface area contributed by atoms with Gasteiger partial charge in [0.15, 0.2) is 17.5 Å². The molecule has 5 heteroatoms. The summed E-state index contributed by atoms with van der Waals surface area (Å²) in [6.45, 7) is 0. The molecule has 0 saturated heterocycles. The molecule has 0 saturated carbocycles. The molecule has 0 spiro atoms. The van der Waals surface area contributed by atoms with Crippen LogP contribution in [-0.4, -0.2) is 19.9 Å². The van der Waals surface area contributed by atoms with E-state index >= 15 is 0 Å². The average molecular weight is 577 g/mol. The van der Waals surface area contributed by atoms with Gasteiger partial charge in [-0.25, -0.2) is 19.9 Å². The Kier molecular flexibility index (Phi) is 5.74. The number of nitrogens with zero attached hydrogens (tertiary/aromatic N) is 4. The zero-order valence-electron chi connectivity index (χ0n) is 24.1. The van der Waals surface area contributed by atoms with Crippen LogP contribution >= 0.6 is 0 Å². The van der Waals surface area contributed by atoms with Gasteiger partial charge in [0, 0.05) is 27.3 Å². The highest BCUT2D eigenvalue weighted by atomic mass is 16.3. The van der Waals surface area contributed by atoms with Crippen LogP contribution in [0.1, 0.15) is 0 Å². The molecular formula is C40H24N4O. The number of furan rings is 1. The van der Waals surface area contributed by atoms with Crippen molar-refractivity contribution in [2.24, 2.45) is 0 Å². The molecule has 210 valence electrons. The average Bonchev–Trinajstić information content (AvgIpc) is 3.50. The molecule has 0 aliphatic rings. The van der Waals surface area contributed by atoms with Crippen LogP contribution in [0.4, 0.5) is 0 Å². The molecule has 0 N–H and O–H groups in total. The molecule has 0 amide bonds. The van der Waals surface area contributed by atoms with Crippen LogP contribution in [0.3, 0.4) is 0 Å². The van der Waals surface area contributed by atoms with Gasteiger partial charge in [0.25, 0.3) is 0 Å². The van der Waals surface area contributed by atoms with E-state index in [0.29, 0.717) is 23.2 Å². The molecule has 0 atom stereocenters. The SMILES string of the molecule is c1ccc2nc(-c3nc(-c4ccc(-c5cccc6ccccc56)cc4)nc(-c4cccc5oc6ccccc6c45)n3)ccc2c1. The number of hydrogen-bond donors (Lipinski definition) is 0. The highest BCUT2D eigenvalue weighted by molar-refractivity contribution is 6.11. The zero-order chi connectivity index (χ0) is 29.7. The topological polar surface area (TPSA) is 64.7 Å². The first-order chi connectivity index (χ1) is 22.3. The van der Waals surface area contributed by atoms with Crippen LogP contribution in [0.15, 0.2) is 150 Å². The van der Waals surface area contributed by atoms with Gasteiger partial charge < -0.3 is 4.42 Å². The Hall–Kier alpha value is -6.20. The van der Waals surface area contributed by atoms with Crippen LogP contribution in [0.2, 0.25) is 0 Å². The third-order valence-electron chi connectivity index (χ3n) is 8.35. The molecule has 0 aliphatic heterocycles. The second kappa shape index (κ2) is 10.2. The Labute approximate surface area is 258 Å². The molecule has 3 heterocycles. The molecule has 0 bridgehead atoms. The summed E-state index contributed by atoms with van der Waals surface area (Å²) in [6.07, 6.45) is 0. The number of rotatable bonds is 4. The maximum absolute atomic E-state index is 6.19. The number of hydrogen-bond acceptors (Lipinski definition) is 5. The summed E-state index contributed by atoms with van der Waals surface area (Å²) >= 11 is 0. The smallest absolute Gasteiger partial charge is 0.182 e. The van der Waals surface area contributed by atoms with E-state index in [2.05, 4.69) is 84.9 Å². The normalized spacial score (nSPS) is 11.6. The van der Waals surface area contributed by atoms with Crippen molar-refractivity contribution in [3.63, 3.8) is 0 Å². The summed E-state index contributed by atoms with van der Waals surface area (Å²) in [5.41, 5.74) is 7.31. The summed E-state index contributed by atoms with van der Waals surface area (Å²) in [6, 6.07) is 49.5. The minimum atomic E-state index is 0.517. The Morgan fingerprint density at radius 1 is 0.378 bits per heavy atom. The maximum atomic E-state index is 6.19. The Morgan fingerprint density at radius 3 is 1.93 bits per heavy atom. The molecule has 0 fully saturated rings. The van der Waals surface area contributed by atoms with Crippen molar-refractivity contribution in [2.75, 3.05) is 0 Å². The van der Waals surface area contributed by atoms with E-state index in [1.165, 1.54) is 16.3 Å². The van der Waals surface area contributed by atoms with Crippen molar-refractivity contribution in [1.29, 1.82) is 0 Å². The first-order valence-corrected chi connectivity index (χ1v) is 14.9. The molecule has 5 nitrogen and oxygen atoms in total. The summed E-state index contributed by atoms with van der Waals surface area (Å²) in [7, 11) is 0. The maximum Gasteiger partial charge on any atom is 0.182 e.